The molecule has 21 heavy (non-hydrogen) atoms. The van der Waals surface area contributed by atoms with E-state index in [1.54, 1.807) is 0 Å². The van der Waals surface area contributed by atoms with E-state index in [4.69, 9.17) is 9.47 Å². The van der Waals surface area contributed by atoms with Crippen molar-refractivity contribution in [2.45, 2.75) is 58.2 Å². The number of fused-ring (bicyclic) bond motifs is 3. The van der Waals surface area contributed by atoms with Gasteiger partial charge >= 0.3 is 11.9 Å². The summed E-state index contributed by atoms with van der Waals surface area (Å²) in [5, 5.41) is 0. The predicted molar refractivity (Wildman–Crippen MR) is 77.3 cm³/mol. The number of carbonyl (C=O) groups is 2. The molecule has 0 aromatic rings. The quantitative estimate of drug-likeness (QED) is 0.423. The lowest BCUT2D eigenvalue weighted by Gasteiger charge is -2.35. The van der Waals surface area contributed by atoms with E-state index in [1.165, 1.54) is 18.1 Å². The molecule has 2 fully saturated rings. The van der Waals surface area contributed by atoms with Gasteiger partial charge in [0, 0.05) is 18.4 Å². The summed E-state index contributed by atoms with van der Waals surface area (Å²) in [5.74, 6) is -0.554. The smallest absolute Gasteiger partial charge is 0.334 e. The Bertz CT molecular complexity index is 559. The first-order valence-corrected chi connectivity index (χ1v) is 7.61. The molecule has 3 rings (SSSR count). The highest BCUT2D eigenvalue weighted by Crippen LogP contribution is 2.53. The Morgan fingerprint density at radius 3 is 2.81 bits per heavy atom. The first-order chi connectivity index (χ1) is 9.83. The zero-order valence-corrected chi connectivity index (χ0v) is 12.9. The molecule has 0 aromatic carbocycles. The minimum absolute atomic E-state index is 0.0305. The maximum atomic E-state index is 11.9. The molecule has 0 amide bonds. The SMILES string of the molecule is C=C1C(=O)O[C@@H]2C3C(=C(C)CC[C@@H]12)CC[C@@]3(C)OC(C)=O. The van der Waals surface area contributed by atoms with Crippen LogP contribution >= 0.6 is 0 Å². The standard InChI is InChI=1S/C17H22O4/c1-9-5-6-13-10(2)16(19)20-15(13)14-12(9)7-8-17(14,4)21-11(3)18/h13-15H,2,5-8H2,1,3-4H3/t13-,14?,15-,17+/m0/s1. The zero-order valence-electron chi connectivity index (χ0n) is 12.9. The van der Waals surface area contributed by atoms with Gasteiger partial charge in [-0.15, -0.1) is 0 Å². The van der Waals surface area contributed by atoms with Crippen molar-refractivity contribution in [1.29, 1.82) is 0 Å². The summed E-state index contributed by atoms with van der Waals surface area (Å²) >= 11 is 0. The van der Waals surface area contributed by atoms with Crippen LogP contribution in [-0.2, 0) is 19.1 Å². The minimum atomic E-state index is -0.583. The number of hydrogen-bond donors (Lipinski definition) is 0. The molecule has 3 aliphatic rings. The third-order valence-corrected chi connectivity index (χ3v) is 5.36. The van der Waals surface area contributed by atoms with Gasteiger partial charge in [-0.1, -0.05) is 17.7 Å². The van der Waals surface area contributed by atoms with Crippen LogP contribution in [0, 0.1) is 11.8 Å². The van der Waals surface area contributed by atoms with Crippen molar-refractivity contribution in [3.05, 3.63) is 23.3 Å². The number of hydrogen-bond acceptors (Lipinski definition) is 4. The number of rotatable bonds is 1. The van der Waals surface area contributed by atoms with Gasteiger partial charge in [-0.25, -0.2) is 4.79 Å². The van der Waals surface area contributed by atoms with Crippen LogP contribution in [0.15, 0.2) is 23.3 Å². The highest BCUT2D eigenvalue weighted by Gasteiger charge is 2.56. The van der Waals surface area contributed by atoms with Crippen molar-refractivity contribution < 1.29 is 19.1 Å². The maximum absolute atomic E-state index is 11.9. The monoisotopic (exact) mass is 290 g/mol. The number of esters is 2. The molecule has 1 saturated carbocycles. The molecule has 0 bridgehead atoms. The third-order valence-electron chi connectivity index (χ3n) is 5.36. The van der Waals surface area contributed by atoms with Gasteiger partial charge in [0.1, 0.15) is 11.7 Å². The van der Waals surface area contributed by atoms with Crippen molar-refractivity contribution in [1.82, 2.24) is 0 Å². The van der Waals surface area contributed by atoms with Gasteiger partial charge in [-0.3, -0.25) is 4.79 Å². The Labute approximate surface area is 125 Å². The molecular weight excluding hydrogens is 268 g/mol. The van der Waals surface area contributed by atoms with Crippen molar-refractivity contribution >= 4 is 11.9 Å². The van der Waals surface area contributed by atoms with Gasteiger partial charge in [0.25, 0.3) is 0 Å². The first kappa shape index (κ1) is 14.4. The van der Waals surface area contributed by atoms with Crippen LogP contribution in [0.2, 0.25) is 0 Å². The second-order valence-electron chi connectivity index (χ2n) is 6.73. The number of allylic oxidation sites excluding steroid dienone is 1. The van der Waals surface area contributed by atoms with E-state index in [-0.39, 0.29) is 29.9 Å². The van der Waals surface area contributed by atoms with Crippen LogP contribution in [0.3, 0.4) is 0 Å². The molecule has 0 aromatic heterocycles. The summed E-state index contributed by atoms with van der Waals surface area (Å²) in [5.41, 5.74) is 2.66. The Hall–Kier alpha value is -1.58. The van der Waals surface area contributed by atoms with Gasteiger partial charge in [0.05, 0.1) is 5.92 Å². The lowest BCUT2D eigenvalue weighted by atomic mass is 9.79. The fraction of sp³-hybridized carbons (Fsp3) is 0.647. The van der Waals surface area contributed by atoms with E-state index in [9.17, 15) is 9.59 Å². The van der Waals surface area contributed by atoms with Gasteiger partial charge < -0.3 is 9.47 Å². The second-order valence-corrected chi connectivity index (χ2v) is 6.73. The molecular formula is C17H22O4. The van der Waals surface area contributed by atoms with E-state index < -0.39 is 5.60 Å². The fourth-order valence-corrected chi connectivity index (χ4v) is 4.33. The Morgan fingerprint density at radius 1 is 1.43 bits per heavy atom. The molecule has 114 valence electrons. The molecule has 1 saturated heterocycles. The van der Waals surface area contributed by atoms with Crippen LogP contribution in [0.25, 0.3) is 0 Å². The van der Waals surface area contributed by atoms with Gasteiger partial charge in [-0.05, 0) is 39.5 Å². The lowest BCUT2D eigenvalue weighted by molar-refractivity contribution is -0.164. The Kier molecular flexibility index (Phi) is 3.23. The predicted octanol–water partition coefficient (Wildman–Crippen LogP) is 2.93. The minimum Gasteiger partial charge on any atom is -0.459 e. The summed E-state index contributed by atoms with van der Waals surface area (Å²) in [4.78, 5) is 23.4. The van der Waals surface area contributed by atoms with Crippen LogP contribution in [0.5, 0.6) is 0 Å². The van der Waals surface area contributed by atoms with Crippen molar-refractivity contribution in [2.24, 2.45) is 11.8 Å². The summed E-state index contributed by atoms with van der Waals surface area (Å²) in [6, 6.07) is 0. The highest BCUT2D eigenvalue weighted by atomic mass is 16.6. The molecule has 4 atom stereocenters. The topological polar surface area (TPSA) is 52.6 Å². The zero-order chi connectivity index (χ0) is 15.4. The molecule has 4 heteroatoms. The molecule has 1 aliphatic heterocycles. The van der Waals surface area contributed by atoms with E-state index >= 15 is 0 Å². The number of carbonyl (C=O) groups excluding carboxylic acids is 2. The second kappa shape index (κ2) is 4.72. The average Bonchev–Trinajstić information content (AvgIpc) is 2.79. The number of ether oxygens (including phenoxy) is 2. The van der Waals surface area contributed by atoms with Crippen molar-refractivity contribution in [2.75, 3.05) is 0 Å². The Morgan fingerprint density at radius 2 is 2.14 bits per heavy atom. The molecule has 2 aliphatic carbocycles. The first-order valence-electron chi connectivity index (χ1n) is 7.61. The molecule has 4 nitrogen and oxygen atoms in total. The van der Waals surface area contributed by atoms with E-state index in [0.717, 1.165) is 25.7 Å². The maximum Gasteiger partial charge on any atom is 0.334 e. The van der Waals surface area contributed by atoms with E-state index in [1.807, 2.05) is 6.92 Å². The van der Waals surface area contributed by atoms with Crippen LogP contribution in [0.1, 0.15) is 46.5 Å². The van der Waals surface area contributed by atoms with Crippen molar-refractivity contribution in [3.63, 3.8) is 0 Å². The van der Waals surface area contributed by atoms with E-state index in [2.05, 4.69) is 13.5 Å². The summed E-state index contributed by atoms with van der Waals surface area (Å²) in [6.07, 6.45) is 3.31. The van der Waals surface area contributed by atoms with E-state index in [0.29, 0.717) is 5.57 Å². The summed E-state index contributed by atoms with van der Waals surface area (Å²) in [7, 11) is 0. The van der Waals surface area contributed by atoms with Crippen LogP contribution in [0.4, 0.5) is 0 Å². The molecule has 0 N–H and O–H groups in total. The average molecular weight is 290 g/mol. The van der Waals surface area contributed by atoms with Crippen LogP contribution in [-0.4, -0.2) is 23.6 Å². The molecule has 0 spiro atoms. The van der Waals surface area contributed by atoms with Gasteiger partial charge in [0.15, 0.2) is 0 Å². The van der Waals surface area contributed by atoms with Crippen molar-refractivity contribution in [3.8, 4) is 0 Å². The lowest BCUT2D eigenvalue weighted by Crippen LogP contribution is -2.43. The van der Waals surface area contributed by atoms with Gasteiger partial charge in [-0.2, -0.15) is 0 Å². The molecule has 1 unspecified atom stereocenters. The third kappa shape index (κ3) is 2.12. The largest absolute Gasteiger partial charge is 0.459 e. The highest BCUT2D eigenvalue weighted by molar-refractivity contribution is 5.91. The molecule has 0 radical (unpaired) electrons. The van der Waals surface area contributed by atoms with Crippen LogP contribution < -0.4 is 0 Å². The Balaban J connectivity index is 2.04. The fourth-order valence-electron chi connectivity index (χ4n) is 4.33. The summed E-state index contributed by atoms with van der Waals surface area (Å²) < 4.78 is 11.3. The molecule has 1 heterocycles. The normalized spacial score (nSPS) is 38.7. The summed E-state index contributed by atoms with van der Waals surface area (Å²) in [6.45, 7) is 9.46. The van der Waals surface area contributed by atoms with Gasteiger partial charge in [0.2, 0.25) is 0 Å².